The molecule has 1 saturated heterocycles. The Bertz CT molecular complexity index is 711. The molecule has 102 valence electrons. The topological polar surface area (TPSA) is 42.7 Å². The van der Waals surface area contributed by atoms with E-state index in [2.05, 4.69) is 32.4 Å². The molecule has 1 unspecified atom stereocenters. The second kappa shape index (κ2) is 5.00. The number of rotatable bonds is 3. The van der Waals surface area contributed by atoms with Crippen LogP contribution in [0.15, 0.2) is 35.8 Å². The summed E-state index contributed by atoms with van der Waals surface area (Å²) in [5, 5.41) is 6.73. The smallest absolute Gasteiger partial charge is 0.165 e. The van der Waals surface area contributed by atoms with Crippen molar-refractivity contribution in [2.24, 2.45) is 5.92 Å². The van der Waals surface area contributed by atoms with Crippen LogP contribution in [-0.4, -0.2) is 27.6 Å². The first-order chi connectivity index (χ1) is 9.92. The summed E-state index contributed by atoms with van der Waals surface area (Å²) in [5.74, 6) is 1.82. The van der Waals surface area contributed by atoms with Gasteiger partial charge < -0.3 is 5.32 Å². The Morgan fingerprint density at radius 2 is 2.35 bits per heavy atom. The van der Waals surface area contributed by atoms with Gasteiger partial charge >= 0.3 is 0 Å². The molecule has 0 bridgehead atoms. The van der Waals surface area contributed by atoms with Crippen LogP contribution in [0.2, 0.25) is 0 Å². The van der Waals surface area contributed by atoms with Crippen LogP contribution in [0.4, 0.5) is 0 Å². The normalized spacial score (nSPS) is 18.9. The number of imidazole rings is 1. The van der Waals surface area contributed by atoms with Gasteiger partial charge in [0.2, 0.25) is 0 Å². The monoisotopic (exact) mass is 284 g/mol. The maximum Gasteiger partial charge on any atom is 0.165 e. The highest BCUT2D eigenvalue weighted by molar-refractivity contribution is 7.12. The molecule has 4 rings (SSSR count). The fourth-order valence-corrected chi connectivity index (χ4v) is 3.62. The number of aromatic nitrogens is 3. The Labute approximate surface area is 121 Å². The minimum absolute atomic E-state index is 0.686. The number of hydrogen-bond acceptors (Lipinski definition) is 4. The summed E-state index contributed by atoms with van der Waals surface area (Å²) in [4.78, 5) is 9.34. The van der Waals surface area contributed by atoms with Gasteiger partial charge in [0.25, 0.3) is 0 Å². The highest BCUT2D eigenvalue weighted by Gasteiger charge is 2.20. The molecule has 0 spiro atoms. The Morgan fingerprint density at radius 1 is 1.35 bits per heavy atom. The molecule has 1 fully saturated rings. The Kier molecular flexibility index (Phi) is 3.01. The van der Waals surface area contributed by atoms with Crippen LogP contribution in [0.1, 0.15) is 12.2 Å². The van der Waals surface area contributed by atoms with Crippen molar-refractivity contribution in [2.75, 3.05) is 13.1 Å². The van der Waals surface area contributed by atoms with Crippen molar-refractivity contribution in [2.45, 2.75) is 12.8 Å². The van der Waals surface area contributed by atoms with Gasteiger partial charge in [-0.15, -0.1) is 11.3 Å². The number of pyridine rings is 1. The van der Waals surface area contributed by atoms with Crippen molar-refractivity contribution in [3.8, 4) is 5.00 Å². The van der Waals surface area contributed by atoms with Crippen LogP contribution in [0.5, 0.6) is 0 Å². The number of thiophene rings is 1. The van der Waals surface area contributed by atoms with Gasteiger partial charge in [0.15, 0.2) is 5.65 Å². The molecule has 3 aromatic rings. The molecule has 0 aromatic carbocycles. The molecule has 4 nitrogen and oxygen atoms in total. The third-order valence-corrected chi connectivity index (χ3v) is 4.70. The van der Waals surface area contributed by atoms with E-state index in [4.69, 9.17) is 4.98 Å². The number of nitrogens with one attached hydrogen (secondary N) is 1. The largest absolute Gasteiger partial charge is 0.316 e. The van der Waals surface area contributed by atoms with E-state index < -0.39 is 0 Å². The third-order valence-electron chi connectivity index (χ3n) is 3.85. The van der Waals surface area contributed by atoms with Gasteiger partial charge in [0.05, 0.1) is 0 Å². The standard InChI is InChI=1S/C15H16N4S/c1-3-12-15(17-6-1)19(14-4-2-8-20-14)13(18-12)9-11-5-7-16-10-11/h1-4,6,8,11,16H,5,7,9-10H2. The zero-order valence-corrected chi connectivity index (χ0v) is 11.9. The fourth-order valence-electron chi connectivity index (χ4n) is 2.87. The molecule has 5 heteroatoms. The molecule has 0 aliphatic carbocycles. The fraction of sp³-hybridized carbons (Fsp3) is 0.333. The number of fused-ring (bicyclic) bond motifs is 1. The maximum atomic E-state index is 4.81. The lowest BCUT2D eigenvalue weighted by Crippen LogP contribution is -2.13. The Balaban J connectivity index is 1.83. The maximum absolute atomic E-state index is 4.81. The van der Waals surface area contributed by atoms with Crippen LogP contribution in [0.3, 0.4) is 0 Å². The van der Waals surface area contributed by atoms with E-state index in [0.29, 0.717) is 5.92 Å². The summed E-state index contributed by atoms with van der Waals surface area (Å²) in [7, 11) is 0. The number of nitrogens with zero attached hydrogens (tertiary/aromatic N) is 3. The predicted molar refractivity (Wildman–Crippen MR) is 81.4 cm³/mol. The molecule has 0 saturated carbocycles. The summed E-state index contributed by atoms with van der Waals surface area (Å²) < 4.78 is 2.22. The minimum atomic E-state index is 0.686. The summed E-state index contributed by atoms with van der Waals surface area (Å²) in [6.45, 7) is 2.23. The Hall–Kier alpha value is -1.72. The lowest BCUT2D eigenvalue weighted by atomic mass is 10.0. The van der Waals surface area contributed by atoms with Crippen molar-refractivity contribution in [1.82, 2.24) is 19.9 Å². The first kappa shape index (κ1) is 12.1. The molecule has 1 aliphatic heterocycles. The van der Waals surface area contributed by atoms with Crippen LogP contribution < -0.4 is 5.32 Å². The molecule has 1 N–H and O–H groups in total. The van der Waals surface area contributed by atoms with Gasteiger partial charge in [-0.1, -0.05) is 0 Å². The molecular weight excluding hydrogens is 268 g/mol. The second-order valence-corrected chi connectivity index (χ2v) is 6.15. The van der Waals surface area contributed by atoms with Gasteiger partial charge in [-0.25, -0.2) is 9.97 Å². The molecule has 0 amide bonds. The molecule has 3 aromatic heterocycles. The molecule has 0 radical (unpaired) electrons. The first-order valence-corrected chi connectivity index (χ1v) is 7.87. The van der Waals surface area contributed by atoms with E-state index in [1.807, 2.05) is 18.3 Å². The van der Waals surface area contributed by atoms with Crippen molar-refractivity contribution in [3.63, 3.8) is 0 Å². The molecule has 1 atom stereocenters. The molecular formula is C15H16N4S. The average molecular weight is 284 g/mol. The van der Waals surface area contributed by atoms with Gasteiger partial charge in [-0.2, -0.15) is 0 Å². The summed E-state index contributed by atoms with van der Waals surface area (Å²) >= 11 is 1.73. The second-order valence-electron chi connectivity index (χ2n) is 5.22. The third kappa shape index (κ3) is 2.03. The van der Waals surface area contributed by atoms with Crippen LogP contribution in [0.25, 0.3) is 16.2 Å². The van der Waals surface area contributed by atoms with E-state index in [-0.39, 0.29) is 0 Å². The lowest BCUT2D eigenvalue weighted by Gasteiger charge is -2.09. The van der Waals surface area contributed by atoms with E-state index in [1.54, 1.807) is 11.3 Å². The van der Waals surface area contributed by atoms with E-state index in [9.17, 15) is 0 Å². The van der Waals surface area contributed by atoms with Crippen LogP contribution in [0, 0.1) is 5.92 Å². The quantitative estimate of drug-likeness (QED) is 0.804. The van der Waals surface area contributed by atoms with E-state index in [0.717, 1.165) is 36.5 Å². The number of hydrogen-bond donors (Lipinski definition) is 1. The molecule has 20 heavy (non-hydrogen) atoms. The zero-order chi connectivity index (χ0) is 13.4. The summed E-state index contributed by atoms with van der Waals surface area (Å²) in [5.41, 5.74) is 1.96. The Morgan fingerprint density at radius 3 is 3.15 bits per heavy atom. The van der Waals surface area contributed by atoms with Gasteiger partial charge in [-0.05, 0) is 55.1 Å². The average Bonchev–Trinajstić information content (AvgIpc) is 3.18. The molecule has 4 heterocycles. The van der Waals surface area contributed by atoms with Crippen molar-refractivity contribution in [1.29, 1.82) is 0 Å². The lowest BCUT2D eigenvalue weighted by molar-refractivity contribution is 0.559. The zero-order valence-electron chi connectivity index (χ0n) is 11.1. The minimum Gasteiger partial charge on any atom is -0.316 e. The first-order valence-electron chi connectivity index (χ1n) is 6.99. The van der Waals surface area contributed by atoms with E-state index in [1.165, 1.54) is 11.4 Å². The van der Waals surface area contributed by atoms with Crippen molar-refractivity contribution in [3.05, 3.63) is 41.7 Å². The van der Waals surface area contributed by atoms with Crippen molar-refractivity contribution < 1.29 is 0 Å². The van der Waals surface area contributed by atoms with E-state index >= 15 is 0 Å². The molecule has 1 aliphatic rings. The SMILES string of the molecule is c1csc(-n2c(CC3CCNC3)nc3cccnc32)c1. The highest BCUT2D eigenvalue weighted by Crippen LogP contribution is 2.25. The summed E-state index contributed by atoms with van der Waals surface area (Å²) in [6.07, 6.45) is 4.09. The predicted octanol–water partition coefficient (Wildman–Crippen LogP) is 2.63. The van der Waals surface area contributed by atoms with Crippen LogP contribution in [-0.2, 0) is 6.42 Å². The highest BCUT2D eigenvalue weighted by atomic mass is 32.1. The van der Waals surface area contributed by atoms with Gasteiger partial charge in [-0.3, -0.25) is 4.57 Å². The summed E-state index contributed by atoms with van der Waals surface area (Å²) in [6, 6.07) is 8.21. The van der Waals surface area contributed by atoms with Gasteiger partial charge in [0, 0.05) is 12.6 Å². The van der Waals surface area contributed by atoms with Gasteiger partial charge in [0.1, 0.15) is 16.3 Å². The van der Waals surface area contributed by atoms with Crippen molar-refractivity contribution >= 4 is 22.5 Å². The van der Waals surface area contributed by atoms with Crippen LogP contribution >= 0.6 is 11.3 Å².